The zero-order valence-corrected chi connectivity index (χ0v) is 7.66. The highest BCUT2D eigenvalue weighted by atomic mass is 19.4. The molecule has 0 aromatic rings. The number of rotatable bonds is 5. The molecule has 0 saturated carbocycles. The third-order valence-corrected chi connectivity index (χ3v) is 1.72. The number of carbonyl (C=O) groups is 1. The van der Waals surface area contributed by atoms with E-state index in [1.807, 2.05) is 6.58 Å². The maximum absolute atomic E-state index is 12.7. The Bertz CT molecular complexity index is 335. The lowest BCUT2D eigenvalue weighted by molar-refractivity contribution is -0.327. The number of hydrogen-bond donors (Lipinski definition) is 1. The summed E-state index contributed by atoms with van der Waals surface area (Å²) in [4.78, 5) is 9.94. The van der Waals surface area contributed by atoms with Crippen molar-refractivity contribution in [1.82, 2.24) is 0 Å². The van der Waals surface area contributed by atoms with E-state index >= 15 is 0 Å². The number of hydrogen-bond acceptors (Lipinski definition) is 1. The molecule has 0 aliphatic carbocycles. The normalized spacial score (nSPS) is 13.9. The van der Waals surface area contributed by atoms with Crippen molar-refractivity contribution in [3.05, 3.63) is 12.2 Å². The molecule has 0 amide bonds. The highest BCUT2D eigenvalue weighted by molar-refractivity contribution is 5.88. The molecule has 0 heterocycles. The molecule has 0 atom stereocenters. The van der Waals surface area contributed by atoms with E-state index in [2.05, 4.69) is 0 Å². The van der Waals surface area contributed by atoms with Gasteiger partial charge in [-0.3, -0.25) is 0 Å². The number of alkyl halides is 8. The molecule has 0 aliphatic heterocycles. The maximum atomic E-state index is 12.7. The van der Waals surface area contributed by atoms with Crippen LogP contribution in [-0.2, 0) is 4.79 Å². The highest BCUT2D eigenvalue weighted by Crippen LogP contribution is 2.50. The molecular weight excluding hydrogens is 268 g/mol. The van der Waals surface area contributed by atoms with Gasteiger partial charge in [-0.25, -0.2) is 13.6 Å². The molecule has 0 saturated heterocycles. The van der Waals surface area contributed by atoms with Crippen LogP contribution < -0.4 is 0 Å². The van der Waals surface area contributed by atoms with Crippen molar-refractivity contribution in [2.75, 3.05) is 0 Å². The molecule has 0 bridgehead atoms. The van der Waals surface area contributed by atoms with E-state index in [9.17, 15) is 39.9 Å². The first-order chi connectivity index (χ1) is 7.30. The van der Waals surface area contributed by atoms with Gasteiger partial charge in [0.1, 0.15) is 5.57 Å². The molecule has 1 N–H and O–H groups in total. The second-order valence-electron chi connectivity index (χ2n) is 2.86. The van der Waals surface area contributed by atoms with Gasteiger partial charge >= 0.3 is 30.2 Å². The lowest BCUT2D eigenvalue weighted by atomic mass is 9.98. The average Bonchev–Trinajstić information content (AvgIpc) is 2.15. The van der Waals surface area contributed by atoms with E-state index in [0.29, 0.717) is 0 Å². The van der Waals surface area contributed by atoms with Crippen molar-refractivity contribution in [3.63, 3.8) is 0 Å². The quantitative estimate of drug-likeness (QED) is 0.617. The summed E-state index contributed by atoms with van der Waals surface area (Å²) in [7, 11) is 0. The Hall–Kier alpha value is -1.35. The van der Waals surface area contributed by atoms with Gasteiger partial charge in [0, 0.05) is 0 Å². The molecule has 0 fully saturated rings. The minimum absolute atomic E-state index is 1.96. The molecule has 100 valence electrons. The summed E-state index contributed by atoms with van der Waals surface area (Å²) in [6.07, 6.45) is -5.09. The summed E-state index contributed by atoms with van der Waals surface area (Å²) in [5.41, 5.74) is -2.61. The first-order valence-electron chi connectivity index (χ1n) is 3.64. The van der Waals surface area contributed by atoms with E-state index in [1.165, 1.54) is 0 Å². The molecule has 0 aromatic heterocycles. The molecule has 0 aromatic carbocycles. The van der Waals surface area contributed by atoms with Gasteiger partial charge in [-0.15, -0.1) is 0 Å². The van der Waals surface area contributed by atoms with Crippen molar-refractivity contribution in [2.24, 2.45) is 0 Å². The second kappa shape index (κ2) is 4.15. The molecule has 0 spiro atoms. The van der Waals surface area contributed by atoms with Crippen LogP contribution in [0.5, 0.6) is 0 Å². The van der Waals surface area contributed by atoms with E-state index in [-0.39, 0.29) is 0 Å². The Morgan fingerprint density at radius 1 is 1.06 bits per heavy atom. The van der Waals surface area contributed by atoms with E-state index in [1.54, 1.807) is 0 Å². The molecule has 17 heavy (non-hydrogen) atoms. The minimum atomic E-state index is -6.58. The summed E-state index contributed by atoms with van der Waals surface area (Å²) in [5, 5.41) is 7.94. The molecule has 0 rings (SSSR count). The monoisotopic (exact) mass is 272 g/mol. The largest absolute Gasteiger partial charge is 0.478 e. The zero-order valence-electron chi connectivity index (χ0n) is 7.66. The Balaban J connectivity index is 5.60. The zero-order chi connectivity index (χ0) is 14.2. The number of carboxylic acids is 1. The van der Waals surface area contributed by atoms with Crippen LogP contribution in [-0.4, -0.2) is 35.3 Å². The van der Waals surface area contributed by atoms with E-state index in [0.717, 1.165) is 0 Å². The van der Waals surface area contributed by atoms with Gasteiger partial charge in [0.25, 0.3) is 0 Å². The molecular formula is C7H4F8O2. The van der Waals surface area contributed by atoms with Crippen LogP contribution >= 0.6 is 0 Å². The number of carboxylic acid groups (broad SMARTS) is 1. The van der Waals surface area contributed by atoms with Crippen molar-refractivity contribution in [2.45, 2.75) is 24.2 Å². The van der Waals surface area contributed by atoms with Crippen LogP contribution in [0.3, 0.4) is 0 Å². The van der Waals surface area contributed by atoms with Crippen molar-refractivity contribution in [3.8, 4) is 0 Å². The molecule has 0 unspecified atom stereocenters. The second-order valence-corrected chi connectivity index (χ2v) is 2.86. The third-order valence-electron chi connectivity index (χ3n) is 1.72. The topological polar surface area (TPSA) is 37.3 Å². The first-order valence-corrected chi connectivity index (χ1v) is 3.64. The van der Waals surface area contributed by atoms with Crippen LogP contribution in [0.15, 0.2) is 12.2 Å². The Labute approximate surface area is 88.5 Å². The van der Waals surface area contributed by atoms with Gasteiger partial charge in [-0.2, -0.15) is 26.3 Å². The number of aliphatic carboxylic acids is 1. The average molecular weight is 272 g/mol. The van der Waals surface area contributed by atoms with Gasteiger partial charge in [-0.1, -0.05) is 6.58 Å². The van der Waals surface area contributed by atoms with Crippen LogP contribution in [0.4, 0.5) is 35.1 Å². The first kappa shape index (κ1) is 15.6. The predicted molar refractivity (Wildman–Crippen MR) is 37.6 cm³/mol. The summed E-state index contributed by atoms with van der Waals surface area (Å²) >= 11 is 0. The Morgan fingerprint density at radius 2 is 1.41 bits per heavy atom. The summed E-state index contributed by atoms with van der Waals surface area (Å²) in [6.45, 7) is 1.96. The van der Waals surface area contributed by atoms with Crippen molar-refractivity contribution < 1.29 is 45.0 Å². The van der Waals surface area contributed by atoms with E-state index in [4.69, 9.17) is 5.11 Å². The molecule has 10 heteroatoms. The van der Waals surface area contributed by atoms with Gasteiger partial charge in [-0.05, 0) is 0 Å². The predicted octanol–water partition coefficient (Wildman–Crippen LogP) is 2.80. The third kappa shape index (κ3) is 2.20. The Kier molecular flexibility index (Phi) is 3.82. The van der Waals surface area contributed by atoms with Crippen LogP contribution in [0.25, 0.3) is 0 Å². The van der Waals surface area contributed by atoms with Crippen LogP contribution in [0.1, 0.15) is 0 Å². The van der Waals surface area contributed by atoms with E-state index < -0.39 is 35.7 Å². The van der Waals surface area contributed by atoms with Crippen LogP contribution in [0.2, 0.25) is 0 Å². The summed E-state index contributed by atoms with van der Waals surface area (Å²) < 4.78 is 98.0. The fourth-order valence-corrected chi connectivity index (χ4v) is 0.670. The molecule has 0 aliphatic rings. The number of halogens is 8. The molecule has 2 nitrogen and oxygen atoms in total. The smallest absolute Gasteiger partial charge is 0.382 e. The van der Waals surface area contributed by atoms with Gasteiger partial charge in [0.05, 0.1) is 0 Å². The SMILES string of the molecule is C=C(C(=O)O)C(F)(F)C(F)(F)C(F)(F)C(F)F. The summed E-state index contributed by atoms with van der Waals surface area (Å²) in [5.74, 6) is -21.7. The minimum Gasteiger partial charge on any atom is -0.478 e. The fraction of sp³-hybridized carbons (Fsp3) is 0.571. The lowest BCUT2D eigenvalue weighted by Crippen LogP contribution is -2.58. The molecule has 0 radical (unpaired) electrons. The Morgan fingerprint density at radius 3 is 1.65 bits per heavy atom. The lowest BCUT2D eigenvalue weighted by Gasteiger charge is -2.32. The van der Waals surface area contributed by atoms with Crippen molar-refractivity contribution >= 4 is 5.97 Å². The maximum Gasteiger partial charge on any atom is 0.382 e. The van der Waals surface area contributed by atoms with Gasteiger partial charge in [0.2, 0.25) is 0 Å². The van der Waals surface area contributed by atoms with Gasteiger partial charge in [0.15, 0.2) is 0 Å². The van der Waals surface area contributed by atoms with Crippen molar-refractivity contribution in [1.29, 1.82) is 0 Å². The fourth-order valence-electron chi connectivity index (χ4n) is 0.670. The standard InChI is InChI=1S/C7H4F8O2/c1-2(3(16)17)5(10,11)7(14,15)6(12,13)4(8)9/h4H,1H2,(H,16,17). The summed E-state index contributed by atoms with van der Waals surface area (Å²) in [6, 6.07) is 0. The highest BCUT2D eigenvalue weighted by Gasteiger charge is 2.76. The van der Waals surface area contributed by atoms with Gasteiger partial charge < -0.3 is 5.11 Å². The van der Waals surface area contributed by atoms with Crippen LogP contribution in [0, 0.1) is 0 Å².